The molecule has 1 unspecified atom stereocenters. The van der Waals surface area contributed by atoms with Crippen molar-refractivity contribution in [1.29, 1.82) is 0 Å². The molecule has 1 aromatic rings. The molecular formula is C15H22N2O3. The highest BCUT2D eigenvalue weighted by atomic mass is 16.4. The van der Waals surface area contributed by atoms with Crippen LogP contribution in [-0.4, -0.2) is 20.6 Å². The lowest BCUT2D eigenvalue weighted by Gasteiger charge is -2.20. The van der Waals surface area contributed by atoms with Gasteiger partial charge in [-0.3, -0.25) is 9.36 Å². The van der Waals surface area contributed by atoms with Crippen LogP contribution in [0.15, 0.2) is 4.79 Å². The molecule has 1 aliphatic rings. The van der Waals surface area contributed by atoms with Crippen LogP contribution in [0.3, 0.4) is 0 Å². The van der Waals surface area contributed by atoms with E-state index in [4.69, 9.17) is 5.11 Å². The normalized spacial score (nSPS) is 16.1. The van der Waals surface area contributed by atoms with E-state index in [9.17, 15) is 9.59 Å². The lowest BCUT2D eigenvalue weighted by Crippen LogP contribution is -2.30. The largest absolute Gasteiger partial charge is 0.481 e. The van der Waals surface area contributed by atoms with Crippen molar-refractivity contribution in [3.63, 3.8) is 0 Å². The predicted octanol–water partition coefficient (Wildman–Crippen LogP) is 2.24. The molecule has 0 aliphatic heterocycles. The van der Waals surface area contributed by atoms with Crippen molar-refractivity contribution in [2.75, 3.05) is 0 Å². The minimum Gasteiger partial charge on any atom is -0.481 e. The molecule has 110 valence electrons. The SMILES string of the molecule is Cc1nc(=O)n(C(C)CC2CC2)c(C)c1CCC(=O)O. The Morgan fingerprint density at radius 1 is 1.45 bits per heavy atom. The first-order chi connectivity index (χ1) is 9.40. The van der Waals surface area contributed by atoms with E-state index >= 15 is 0 Å². The quantitative estimate of drug-likeness (QED) is 0.866. The minimum absolute atomic E-state index is 0.0680. The van der Waals surface area contributed by atoms with Gasteiger partial charge in [0.1, 0.15) is 0 Å². The Kier molecular flexibility index (Phi) is 4.26. The van der Waals surface area contributed by atoms with Crippen molar-refractivity contribution in [2.45, 2.75) is 58.9 Å². The van der Waals surface area contributed by atoms with Crippen molar-refractivity contribution >= 4 is 5.97 Å². The summed E-state index contributed by atoms with van der Waals surface area (Å²) in [4.78, 5) is 27.0. The number of aliphatic carboxylic acids is 1. The Morgan fingerprint density at radius 2 is 2.10 bits per heavy atom. The van der Waals surface area contributed by atoms with Gasteiger partial charge in [0.25, 0.3) is 0 Å². The molecule has 1 heterocycles. The van der Waals surface area contributed by atoms with E-state index in [1.165, 1.54) is 12.8 Å². The highest BCUT2D eigenvalue weighted by Gasteiger charge is 2.26. The number of aromatic nitrogens is 2. The summed E-state index contributed by atoms with van der Waals surface area (Å²) in [6.07, 6.45) is 4.01. The van der Waals surface area contributed by atoms with Gasteiger partial charge < -0.3 is 5.11 Å². The summed E-state index contributed by atoms with van der Waals surface area (Å²) in [6.45, 7) is 5.73. The fourth-order valence-corrected chi connectivity index (χ4v) is 2.87. The highest BCUT2D eigenvalue weighted by molar-refractivity contribution is 5.67. The Balaban J connectivity index is 2.32. The third-order valence-corrected chi connectivity index (χ3v) is 4.11. The predicted molar refractivity (Wildman–Crippen MR) is 76.0 cm³/mol. The maximum atomic E-state index is 12.1. The lowest BCUT2D eigenvalue weighted by molar-refractivity contribution is -0.136. The van der Waals surface area contributed by atoms with E-state index in [0.29, 0.717) is 12.1 Å². The molecule has 1 atom stereocenters. The standard InChI is InChI=1S/C15H22N2O3/c1-9(8-12-4-5-12)17-11(3)13(6-7-14(18)19)10(2)16-15(17)20/h9,12H,4-8H2,1-3H3,(H,18,19). The Hall–Kier alpha value is -1.65. The van der Waals surface area contributed by atoms with Crippen LogP contribution in [0.5, 0.6) is 0 Å². The number of rotatable bonds is 6. The molecule has 0 radical (unpaired) electrons. The molecule has 2 rings (SSSR count). The molecule has 0 bridgehead atoms. The van der Waals surface area contributed by atoms with E-state index in [-0.39, 0.29) is 18.2 Å². The molecule has 5 nitrogen and oxygen atoms in total. The van der Waals surface area contributed by atoms with Gasteiger partial charge in [0.2, 0.25) is 0 Å². The molecule has 0 spiro atoms. The topological polar surface area (TPSA) is 72.2 Å². The van der Waals surface area contributed by atoms with Gasteiger partial charge in [-0.1, -0.05) is 12.8 Å². The summed E-state index contributed by atoms with van der Waals surface area (Å²) in [5.74, 6) is -0.0901. The molecule has 1 fully saturated rings. The maximum absolute atomic E-state index is 12.1. The molecule has 5 heteroatoms. The zero-order valence-corrected chi connectivity index (χ0v) is 12.3. The van der Waals surface area contributed by atoms with E-state index < -0.39 is 5.97 Å². The molecule has 0 saturated heterocycles. The summed E-state index contributed by atoms with van der Waals surface area (Å²) < 4.78 is 1.74. The number of aryl methyl sites for hydroxylation is 1. The number of carboxylic acids is 1. The Morgan fingerprint density at radius 3 is 2.65 bits per heavy atom. The number of hydrogen-bond acceptors (Lipinski definition) is 3. The number of nitrogens with zero attached hydrogens (tertiary/aromatic N) is 2. The number of carboxylic acid groups (broad SMARTS) is 1. The summed E-state index contributed by atoms with van der Waals surface area (Å²) >= 11 is 0. The maximum Gasteiger partial charge on any atom is 0.348 e. The third-order valence-electron chi connectivity index (χ3n) is 4.11. The average molecular weight is 278 g/mol. The van der Waals surface area contributed by atoms with Gasteiger partial charge in [-0.15, -0.1) is 0 Å². The summed E-state index contributed by atoms with van der Waals surface area (Å²) in [5, 5.41) is 8.83. The van der Waals surface area contributed by atoms with Gasteiger partial charge in [-0.05, 0) is 45.1 Å². The fraction of sp³-hybridized carbons (Fsp3) is 0.667. The van der Waals surface area contributed by atoms with Gasteiger partial charge in [0.15, 0.2) is 0 Å². The van der Waals surface area contributed by atoms with Crippen molar-refractivity contribution in [3.05, 3.63) is 27.4 Å². The zero-order chi connectivity index (χ0) is 14.9. The smallest absolute Gasteiger partial charge is 0.348 e. The summed E-state index contributed by atoms with van der Waals surface area (Å²) in [6, 6.07) is 0.131. The van der Waals surface area contributed by atoms with Crippen LogP contribution < -0.4 is 5.69 Å². The van der Waals surface area contributed by atoms with Crippen molar-refractivity contribution in [2.24, 2.45) is 5.92 Å². The number of carbonyl (C=O) groups is 1. The first-order valence-corrected chi connectivity index (χ1v) is 7.20. The summed E-state index contributed by atoms with van der Waals surface area (Å²) in [7, 11) is 0. The second kappa shape index (κ2) is 5.77. The molecular weight excluding hydrogens is 256 g/mol. The van der Waals surface area contributed by atoms with E-state index in [0.717, 1.165) is 23.6 Å². The Bertz CT molecular complexity index is 573. The van der Waals surface area contributed by atoms with E-state index in [1.807, 2.05) is 13.8 Å². The Labute approximate surface area is 118 Å². The van der Waals surface area contributed by atoms with Crippen LogP contribution >= 0.6 is 0 Å². The first-order valence-electron chi connectivity index (χ1n) is 7.20. The molecule has 1 aromatic heterocycles. The molecule has 1 N–H and O–H groups in total. The zero-order valence-electron chi connectivity index (χ0n) is 12.3. The lowest BCUT2D eigenvalue weighted by atomic mass is 10.0. The van der Waals surface area contributed by atoms with E-state index in [1.54, 1.807) is 11.5 Å². The fourth-order valence-electron chi connectivity index (χ4n) is 2.87. The van der Waals surface area contributed by atoms with Crippen LogP contribution in [0.1, 0.15) is 55.6 Å². The van der Waals surface area contributed by atoms with Crippen LogP contribution in [0, 0.1) is 19.8 Å². The van der Waals surface area contributed by atoms with Crippen LogP contribution in [0.2, 0.25) is 0 Å². The van der Waals surface area contributed by atoms with Crippen molar-refractivity contribution in [3.8, 4) is 0 Å². The minimum atomic E-state index is -0.826. The van der Waals surface area contributed by atoms with Crippen molar-refractivity contribution < 1.29 is 9.90 Å². The van der Waals surface area contributed by atoms with Gasteiger partial charge in [0.05, 0.1) is 0 Å². The highest BCUT2D eigenvalue weighted by Crippen LogP contribution is 2.36. The molecule has 1 aliphatic carbocycles. The molecule has 20 heavy (non-hydrogen) atoms. The second-order valence-corrected chi connectivity index (χ2v) is 5.84. The van der Waals surface area contributed by atoms with Crippen LogP contribution in [-0.2, 0) is 11.2 Å². The van der Waals surface area contributed by atoms with Crippen molar-refractivity contribution in [1.82, 2.24) is 9.55 Å². The molecule has 1 saturated carbocycles. The third kappa shape index (κ3) is 3.26. The average Bonchev–Trinajstić information content (AvgIpc) is 3.11. The van der Waals surface area contributed by atoms with Gasteiger partial charge >= 0.3 is 11.7 Å². The number of hydrogen-bond donors (Lipinski definition) is 1. The second-order valence-electron chi connectivity index (χ2n) is 5.84. The molecule has 0 aromatic carbocycles. The molecule has 0 amide bonds. The first kappa shape index (κ1) is 14.8. The van der Waals surface area contributed by atoms with Gasteiger partial charge in [0, 0.05) is 23.9 Å². The van der Waals surface area contributed by atoms with Crippen LogP contribution in [0.4, 0.5) is 0 Å². The van der Waals surface area contributed by atoms with Gasteiger partial charge in [-0.2, -0.15) is 4.98 Å². The van der Waals surface area contributed by atoms with Gasteiger partial charge in [-0.25, -0.2) is 4.79 Å². The van der Waals surface area contributed by atoms with E-state index in [2.05, 4.69) is 4.98 Å². The summed E-state index contributed by atoms with van der Waals surface area (Å²) in [5.41, 5.74) is 2.21. The monoisotopic (exact) mass is 278 g/mol. The van der Waals surface area contributed by atoms with Crippen LogP contribution in [0.25, 0.3) is 0 Å².